The summed E-state index contributed by atoms with van der Waals surface area (Å²) >= 11 is 0. The molecule has 152 valence electrons. The molecule has 5 rings (SSSR count). The second kappa shape index (κ2) is 7.12. The molecular weight excluding hydrogens is 390 g/mol. The van der Waals surface area contributed by atoms with Gasteiger partial charge < -0.3 is 9.32 Å². The predicted molar refractivity (Wildman–Crippen MR) is 108 cm³/mol. The van der Waals surface area contributed by atoms with Gasteiger partial charge in [-0.15, -0.1) is 0 Å². The summed E-state index contributed by atoms with van der Waals surface area (Å²) in [5.41, 5.74) is 3.80. The van der Waals surface area contributed by atoms with E-state index in [1.165, 1.54) is 16.0 Å². The van der Waals surface area contributed by atoms with Crippen molar-refractivity contribution in [3.05, 3.63) is 64.1 Å². The fraction of sp³-hybridized carbons (Fsp3) is 0.381. The summed E-state index contributed by atoms with van der Waals surface area (Å²) in [5, 5.41) is 0. The molecule has 0 radical (unpaired) electrons. The highest BCUT2D eigenvalue weighted by Crippen LogP contribution is 2.26. The molecule has 29 heavy (non-hydrogen) atoms. The predicted octanol–water partition coefficient (Wildman–Crippen LogP) is 0.630. The molecule has 0 bridgehead atoms. The zero-order valence-electron chi connectivity index (χ0n) is 16.1. The van der Waals surface area contributed by atoms with Crippen LogP contribution in [0.25, 0.3) is 11.1 Å². The molecule has 0 spiro atoms. The molecule has 1 fully saturated rings. The van der Waals surface area contributed by atoms with Crippen molar-refractivity contribution in [2.24, 2.45) is 0 Å². The van der Waals surface area contributed by atoms with Crippen molar-refractivity contribution in [1.82, 2.24) is 8.87 Å². The SMILES string of the molecule is O=c1oc2ccccc2n1C[NH+]1CCN(S(=O)(=O)c2ccc3c(c2)CCC3)CC1. The van der Waals surface area contributed by atoms with Crippen molar-refractivity contribution >= 4 is 21.1 Å². The van der Waals surface area contributed by atoms with Crippen molar-refractivity contribution in [2.75, 3.05) is 26.2 Å². The van der Waals surface area contributed by atoms with Crippen molar-refractivity contribution in [2.45, 2.75) is 30.8 Å². The van der Waals surface area contributed by atoms with Crippen LogP contribution >= 0.6 is 0 Å². The van der Waals surface area contributed by atoms with Crippen LogP contribution in [0.1, 0.15) is 17.5 Å². The third kappa shape index (κ3) is 3.31. The van der Waals surface area contributed by atoms with Gasteiger partial charge in [0.05, 0.1) is 36.6 Å². The highest BCUT2D eigenvalue weighted by atomic mass is 32.2. The fourth-order valence-electron chi connectivity index (χ4n) is 4.45. The summed E-state index contributed by atoms with van der Waals surface area (Å²) < 4.78 is 34.7. The van der Waals surface area contributed by atoms with Crippen molar-refractivity contribution < 1.29 is 17.7 Å². The molecule has 1 saturated heterocycles. The van der Waals surface area contributed by atoms with Gasteiger partial charge in [-0.2, -0.15) is 4.31 Å². The molecule has 7 nitrogen and oxygen atoms in total. The number of piperazine rings is 1. The maximum absolute atomic E-state index is 13.1. The summed E-state index contributed by atoms with van der Waals surface area (Å²) in [6.45, 7) is 2.66. The largest absolute Gasteiger partial charge is 0.424 e. The molecule has 1 aliphatic heterocycles. The summed E-state index contributed by atoms with van der Waals surface area (Å²) in [4.78, 5) is 13.8. The van der Waals surface area contributed by atoms with E-state index in [0.717, 1.165) is 24.8 Å². The molecule has 1 N–H and O–H groups in total. The Bertz CT molecular complexity index is 1220. The van der Waals surface area contributed by atoms with Crippen LogP contribution in [0, 0.1) is 0 Å². The summed E-state index contributed by atoms with van der Waals surface area (Å²) in [6.07, 6.45) is 3.10. The molecule has 2 heterocycles. The lowest BCUT2D eigenvalue weighted by Gasteiger charge is -2.31. The first-order valence-electron chi connectivity index (χ1n) is 10.1. The summed E-state index contributed by atoms with van der Waals surface area (Å²) in [6, 6.07) is 12.9. The number of hydrogen-bond acceptors (Lipinski definition) is 4. The van der Waals surface area contributed by atoms with Crippen LogP contribution in [0.15, 0.2) is 56.6 Å². The van der Waals surface area contributed by atoms with Crippen LogP contribution in [-0.2, 0) is 29.5 Å². The van der Waals surface area contributed by atoms with Gasteiger partial charge in [0.1, 0.15) is 0 Å². The third-order valence-corrected chi connectivity index (χ3v) is 7.99. The fourth-order valence-corrected chi connectivity index (χ4v) is 5.94. The number of para-hydroxylation sites is 2. The van der Waals surface area contributed by atoms with E-state index in [1.807, 2.05) is 30.3 Å². The lowest BCUT2D eigenvalue weighted by atomic mass is 10.1. The maximum atomic E-state index is 13.1. The van der Waals surface area contributed by atoms with E-state index in [4.69, 9.17) is 4.42 Å². The summed E-state index contributed by atoms with van der Waals surface area (Å²) in [5.74, 6) is -0.369. The van der Waals surface area contributed by atoms with Gasteiger partial charge in [0.15, 0.2) is 12.3 Å². The monoisotopic (exact) mass is 414 g/mol. The minimum Gasteiger partial charge on any atom is -0.408 e. The second-order valence-corrected chi connectivity index (χ2v) is 9.80. The van der Waals surface area contributed by atoms with E-state index in [1.54, 1.807) is 21.0 Å². The van der Waals surface area contributed by atoms with Gasteiger partial charge in [-0.05, 0) is 54.7 Å². The van der Waals surface area contributed by atoms with Crippen LogP contribution in [0.2, 0.25) is 0 Å². The normalized spacial score (nSPS) is 18.3. The number of sulfonamides is 1. The Kier molecular flexibility index (Phi) is 4.57. The van der Waals surface area contributed by atoms with Crippen molar-refractivity contribution in [1.29, 1.82) is 0 Å². The molecule has 0 saturated carbocycles. The molecule has 3 aromatic rings. The first kappa shape index (κ1) is 18.6. The standard InChI is InChI=1S/C21H23N3O4S/c25-21-24(19-6-1-2-7-20(19)28-21)15-22-10-12-23(13-11-22)29(26,27)18-9-8-16-4-3-5-17(16)14-18/h1-2,6-9,14H,3-5,10-13,15H2/p+1. The van der Waals surface area contributed by atoms with Crippen LogP contribution in [0.3, 0.4) is 0 Å². The van der Waals surface area contributed by atoms with Crippen LogP contribution < -0.4 is 10.7 Å². The van der Waals surface area contributed by atoms with Gasteiger partial charge in [0, 0.05) is 0 Å². The van der Waals surface area contributed by atoms with E-state index in [2.05, 4.69) is 0 Å². The average Bonchev–Trinajstić information content (AvgIpc) is 3.32. The van der Waals surface area contributed by atoms with Crippen LogP contribution in [0.4, 0.5) is 0 Å². The number of nitrogens with one attached hydrogen (secondary N) is 1. The van der Waals surface area contributed by atoms with E-state index >= 15 is 0 Å². The third-order valence-electron chi connectivity index (χ3n) is 6.09. The van der Waals surface area contributed by atoms with Gasteiger partial charge >= 0.3 is 5.76 Å². The number of quaternary nitrogens is 1. The minimum absolute atomic E-state index is 0.369. The number of aromatic nitrogens is 1. The molecule has 0 amide bonds. The lowest BCUT2D eigenvalue weighted by Crippen LogP contribution is -3.14. The Morgan fingerprint density at radius 1 is 1.00 bits per heavy atom. The number of aryl methyl sites for hydroxylation is 2. The smallest absolute Gasteiger partial charge is 0.408 e. The van der Waals surface area contributed by atoms with Gasteiger partial charge in [-0.25, -0.2) is 17.8 Å². The Balaban J connectivity index is 1.30. The van der Waals surface area contributed by atoms with Gasteiger partial charge in [0.2, 0.25) is 10.0 Å². The zero-order valence-corrected chi connectivity index (χ0v) is 17.0. The second-order valence-electron chi connectivity index (χ2n) is 7.86. The van der Waals surface area contributed by atoms with E-state index < -0.39 is 10.0 Å². The highest BCUT2D eigenvalue weighted by Gasteiger charge is 2.31. The molecule has 2 aliphatic rings. The van der Waals surface area contributed by atoms with Gasteiger partial charge in [-0.1, -0.05) is 18.2 Å². The molecule has 1 aliphatic carbocycles. The highest BCUT2D eigenvalue weighted by molar-refractivity contribution is 7.89. The first-order chi connectivity index (χ1) is 14.0. The van der Waals surface area contributed by atoms with Gasteiger partial charge in [-0.3, -0.25) is 0 Å². The Labute approximate surface area is 169 Å². The average molecular weight is 415 g/mol. The minimum atomic E-state index is -3.48. The number of fused-ring (bicyclic) bond motifs is 2. The lowest BCUT2D eigenvalue weighted by molar-refractivity contribution is -0.926. The number of nitrogens with zero attached hydrogens (tertiary/aromatic N) is 2. The number of rotatable bonds is 4. The molecule has 8 heteroatoms. The topological polar surface area (TPSA) is 77.0 Å². The Hall–Kier alpha value is -2.42. The molecule has 0 unspecified atom stereocenters. The van der Waals surface area contributed by atoms with E-state index in [9.17, 15) is 13.2 Å². The number of oxazole rings is 1. The van der Waals surface area contributed by atoms with Crippen LogP contribution in [0.5, 0.6) is 0 Å². The molecular formula is C21H24N3O4S+. The maximum Gasteiger partial charge on any atom is 0.424 e. The van der Waals surface area contributed by atoms with Crippen molar-refractivity contribution in [3.8, 4) is 0 Å². The van der Waals surface area contributed by atoms with Crippen molar-refractivity contribution in [3.63, 3.8) is 0 Å². The number of hydrogen-bond donors (Lipinski definition) is 1. The Morgan fingerprint density at radius 2 is 1.76 bits per heavy atom. The number of benzene rings is 2. The molecule has 2 aromatic carbocycles. The van der Waals surface area contributed by atoms with Crippen LogP contribution in [-0.4, -0.2) is 43.5 Å². The quantitative estimate of drug-likeness (QED) is 0.680. The molecule has 1 aromatic heterocycles. The van der Waals surface area contributed by atoms with E-state index in [0.29, 0.717) is 43.3 Å². The first-order valence-corrected chi connectivity index (χ1v) is 11.5. The summed E-state index contributed by atoms with van der Waals surface area (Å²) in [7, 11) is -3.48. The molecule has 0 atom stereocenters. The Morgan fingerprint density at radius 3 is 2.59 bits per heavy atom. The zero-order chi connectivity index (χ0) is 20.0. The van der Waals surface area contributed by atoms with Gasteiger partial charge in [0.25, 0.3) is 0 Å². The van der Waals surface area contributed by atoms with E-state index in [-0.39, 0.29) is 5.76 Å².